The minimum absolute atomic E-state index is 0.632. The Bertz CT molecular complexity index is 347. The molecule has 1 N–H and O–H groups in total. The van der Waals surface area contributed by atoms with Crippen molar-refractivity contribution in [2.45, 2.75) is 52.0 Å². The predicted octanol–water partition coefficient (Wildman–Crippen LogP) is 3.09. The predicted molar refractivity (Wildman–Crippen MR) is 73.6 cm³/mol. The molecule has 1 aromatic heterocycles. The normalized spacial score (nSPS) is 13.0. The van der Waals surface area contributed by atoms with Gasteiger partial charge in [0.1, 0.15) is 0 Å². The van der Waals surface area contributed by atoms with E-state index in [0.717, 1.165) is 29.3 Å². The van der Waals surface area contributed by atoms with Gasteiger partial charge in [0.05, 0.1) is 16.4 Å². The zero-order valence-electron chi connectivity index (χ0n) is 11.4. The molecule has 98 valence electrons. The number of halogens is 1. The average molecular weight is 258 g/mol. The third-order valence-corrected chi connectivity index (χ3v) is 3.76. The number of nitrogens with one attached hydrogen (secondary N) is 1. The van der Waals surface area contributed by atoms with Crippen LogP contribution in [0.1, 0.15) is 44.0 Å². The maximum atomic E-state index is 6.23. The summed E-state index contributed by atoms with van der Waals surface area (Å²) in [5.74, 6) is 0. The second-order valence-corrected chi connectivity index (χ2v) is 5.01. The van der Waals surface area contributed by atoms with E-state index in [-0.39, 0.29) is 0 Å². The van der Waals surface area contributed by atoms with Gasteiger partial charge in [0.15, 0.2) is 0 Å². The maximum absolute atomic E-state index is 6.23. The number of rotatable bonds is 7. The van der Waals surface area contributed by atoms with E-state index in [1.807, 2.05) is 25.7 Å². The summed E-state index contributed by atoms with van der Waals surface area (Å²) >= 11 is 6.23. The van der Waals surface area contributed by atoms with Gasteiger partial charge in [0.25, 0.3) is 0 Å². The van der Waals surface area contributed by atoms with E-state index in [4.69, 9.17) is 11.6 Å². The quantitative estimate of drug-likeness (QED) is 0.814. The fourth-order valence-electron chi connectivity index (χ4n) is 2.25. The van der Waals surface area contributed by atoms with Crippen LogP contribution in [-0.2, 0) is 13.5 Å². The second-order valence-electron chi connectivity index (χ2n) is 4.64. The summed E-state index contributed by atoms with van der Waals surface area (Å²) < 4.78 is 1.91. The first-order chi connectivity index (χ1) is 8.10. The van der Waals surface area contributed by atoms with Gasteiger partial charge in [0, 0.05) is 13.1 Å². The van der Waals surface area contributed by atoms with Crippen LogP contribution in [0, 0.1) is 6.92 Å². The van der Waals surface area contributed by atoms with E-state index >= 15 is 0 Å². The van der Waals surface area contributed by atoms with Crippen molar-refractivity contribution >= 4 is 11.6 Å². The van der Waals surface area contributed by atoms with Gasteiger partial charge in [0.2, 0.25) is 0 Å². The standard InChI is InChI=1S/C13H24ClN3/c1-5-7-11(15-3)8-6-9-12-13(14)10(2)16-17(12)4/h11,15H,5-9H2,1-4H3. The molecule has 0 aliphatic carbocycles. The van der Waals surface area contributed by atoms with Crippen molar-refractivity contribution in [2.24, 2.45) is 7.05 Å². The van der Waals surface area contributed by atoms with Gasteiger partial charge < -0.3 is 5.32 Å². The van der Waals surface area contributed by atoms with Gasteiger partial charge in [-0.3, -0.25) is 4.68 Å². The lowest BCUT2D eigenvalue weighted by Crippen LogP contribution is -2.24. The van der Waals surface area contributed by atoms with E-state index < -0.39 is 0 Å². The molecule has 1 unspecified atom stereocenters. The molecule has 0 radical (unpaired) electrons. The summed E-state index contributed by atoms with van der Waals surface area (Å²) in [6, 6.07) is 0.632. The summed E-state index contributed by atoms with van der Waals surface area (Å²) in [7, 11) is 4.01. The molecule has 1 heterocycles. The molecule has 4 heteroatoms. The molecule has 3 nitrogen and oxygen atoms in total. The molecule has 1 rings (SSSR count). The topological polar surface area (TPSA) is 29.9 Å². The first kappa shape index (κ1) is 14.5. The van der Waals surface area contributed by atoms with Crippen LogP contribution in [0.3, 0.4) is 0 Å². The monoisotopic (exact) mass is 257 g/mol. The van der Waals surface area contributed by atoms with Crippen LogP contribution in [0.25, 0.3) is 0 Å². The Morgan fingerprint density at radius 1 is 1.41 bits per heavy atom. The van der Waals surface area contributed by atoms with E-state index in [9.17, 15) is 0 Å². The number of hydrogen-bond acceptors (Lipinski definition) is 2. The van der Waals surface area contributed by atoms with Crippen molar-refractivity contribution in [1.29, 1.82) is 0 Å². The van der Waals surface area contributed by atoms with Crippen LogP contribution < -0.4 is 5.32 Å². The van der Waals surface area contributed by atoms with Gasteiger partial charge in [-0.15, -0.1) is 0 Å². The van der Waals surface area contributed by atoms with Crippen molar-refractivity contribution in [1.82, 2.24) is 15.1 Å². The van der Waals surface area contributed by atoms with E-state index in [1.165, 1.54) is 19.3 Å². The molecule has 0 fully saturated rings. The first-order valence-electron chi connectivity index (χ1n) is 6.45. The number of hydrogen-bond donors (Lipinski definition) is 1. The second kappa shape index (κ2) is 7.02. The van der Waals surface area contributed by atoms with E-state index in [2.05, 4.69) is 17.3 Å². The lowest BCUT2D eigenvalue weighted by Gasteiger charge is -2.14. The number of aryl methyl sites for hydroxylation is 2. The molecule has 0 saturated heterocycles. The van der Waals surface area contributed by atoms with Gasteiger partial charge in [-0.05, 0) is 39.7 Å². The van der Waals surface area contributed by atoms with Crippen LogP contribution in [0.4, 0.5) is 0 Å². The van der Waals surface area contributed by atoms with Crippen molar-refractivity contribution in [3.63, 3.8) is 0 Å². The molecule has 0 amide bonds. The van der Waals surface area contributed by atoms with Crippen LogP contribution in [0.2, 0.25) is 5.02 Å². The summed E-state index contributed by atoms with van der Waals surface area (Å²) in [6.07, 6.45) is 5.85. The zero-order chi connectivity index (χ0) is 12.8. The number of nitrogens with zero attached hydrogens (tertiary/aromatic N) is 2. The van der Waals surface area contributed by atoms with Crippen LogP contribution in [0.15, 0.2) is 0 Å². The molecule has 0 spiro atoms. The Labute approximate surface area is 110 Å². The van der Waals surface area contributed by atoms with Gasteiger partial charge >= 0.3 is 0 Å². The number of aromatic nitrogens is 2. The van der Waals surface area contributed by atoms with Crippen LogP contribution in [0.5, 0.6) is 0 Å². The van der Waals surface area contributed by atoms with Crippen molar-refractivity contribution < 1.29 is 0 Å². The Morgan fingerprint density at radius 2 is 2.12 bits per heavy atom. The van der Waals surface area contributed by atoms with Gasteiger partial charge in [-0.1, -0.05) is 24.9 Å². The van der Waals surface area contributed by atoms with Crippen molar-refractivity contribution in [3.05, 3.63) is 16.4 Å². The fourth-order valence-corrected chi connectivity index (χ4v) is 2.50. The zero-order valence-corrected chi connectivity index (χ0v) is 12.1. The molecule has 0 aromatic carbocycles. The highest BCUT2D eigenvalue weighted by Gasteiger charge is 2.11. The molecule has 0 saturated carbocycles. The molecule has 0 aliphatic rings. The lowest BCUT2D eigenvalue weighted by molar-refractivity contribution is 0.466. The molecule has 1 aromatic rings. The molecular weight excluding hydrogens is 234 g/mol. The summed E-state index contributed by atoms with van der Waals surface area (Å²) in [5, 5.41) is 8.54. The maximum Gasteiger partial charge on any atom is 0.0846 e. The molecule has 0 aliphatic heterocycles. The average Bonchev–Trinajstić information content (AvgIpc) is 2.54. The summed E-state index contributed by atoms with van der Waals surface area (Å²) in [6.45, 7) is 4.19. The first-order valence-corrected chi connectivity index (χ1v) is 6.83. The Hall–Kier alpha value is -0.540. The molecule has 0 bridgehead atoms. The SMILES string of the molecule is CCCC(CCCc1c(Cl)c(C)nn1C)NC. The van der Waals surface area contributed by atoms with Gasteiger partial charge in [-0.2, -0.15) is 5.10 Å². The minimum atomic E-state index is 0.632. The van der Waals surface area contributed by atoms with Crippen molar-refractivity contribution in [2.75, 3.05) is 7.05 Å². The van der Waals surface area contributed by atoms with Crippen LogP contribution in [-0.4, -0.2) is 22.9 Å². The summed E-state index contributed by atoms with van der Waals surface area (Å²) in [5.41, 5.74) is 2.10. The summed E-state index contributed by atoms with van der Waals surface area (Å²) in [4.78, 5) is 0. The highest BCUT2D eigenvalue weighted by atomic mass is 35.5. The minimum Gasteiger partial charge on any atom is -0.317 e. The van der Waals surface area contributed by atoms with E-state index in [0.29, 0.717) is 6.04 Å². The Morgan fingerprint density at radius 3 is 2.59 bits per heavy atom. The van der Waals surface area contributed by atoms with Crippen molar-refractivity contribution in [3.8, 4) is 0 Å². The third kappa shape index (κ3) is 4.00. The lowest BCUT2D eigenvalue weighted by atomic mass is 10.0. The highest BCUT2D eigenvalue weighted by molar-refractivity contribution is 6.31. The largest absolute Gasteiger partial charge is 0.317 e. The highest BCUT2D eigenvalue weighted by Crippen LogP contribution is 2.21. The smallest absolute Gasteiger partial charge is 0.0846 e. The fraction of sp³-hybridized carbons (Fsp3) is 0.769. The van der Waals surface area contributed by atoms with Crippen LogP contribution >= 0.6 is 11.6 Å². The Balaban J connectivity index is 2.45. The molecule has 17 heavy (non-hydrogen) atoms. The Kier molecular flexibility index (Phi) is 6.00. The third-order valence-electron chi connectivity index (χ3n) is 3.27. The molecular formula is C13H24ClN3. The molecule has 1 atom stereocenters. The van der Waals surface area contributed by atoms with E-state index in [1.54, 1.807) is 0 Å². The van der Waals surface area contributed by atoms with Gasteiger partial charge in [-0.25, -0.2) is 0 Å².